The molecule has 2 aliphatic heterocycles. The average Bonchev–Trinajstić information content (AvgIpc) is 2.72. The Bertz CT molecular complexity index is 423. The van der Waals surface area contributed by atoms with Gasteiger partial charge in [0, 0.05) is 31.2 Å². The molecular weight excluding hydrogens is 216 g/mol. The SMILES string of the molecule is CC1OCc2ncnc(N3CCNCC3C)c21. The maximum absolute atomic E-state index is 5.65. The molecule has 0 saturated carbocycles. The van der Waals surface area contributed by atoms with Crippen LogP contribution in [0.25, 0.3) is 0 Å². The first-order valence-corrected chi connectivity index (χ1v) is 6.20. The van der Waals surface area contributed by atoms with Crippen LogP contribution >= 0.6 is 0 Å². The minimum Gasteiger partial charge on any atom is -0.367 e. The summed E-state index contributed by atoms with van der Waals surface area (Å²) in [6, 6.07) is 0.468. The highest BCUT2D eigenvalue weighted by Crippen LogP contribution is 2.35. The van der Waals surface area contributed by atoms with Crippen LogP contribution in [-0.4, -0.2) is 35.6 Å². The highest BCUT2D eigenvalue weighted by Gasteiger charge is 2.30. The van der Waals surface area contributed by atoms with E-state index >= 15 is 0 Å². The number of rotatable bonds is 1. The van der Waals surface area contributed by atoms with E-state index in [0.717, 1.165) is 31.1 Å². The molecule has 0 amide bonds. The fourth-order valence-electron chi connectivity index (χ4n) is 2.62. The van der Waals surface area contributed by atoms with E-state index < -0.39 is 0 Å². The van der Waals surface area contributed by atoms with Gasteiger partial charge in [-0.05, 0) is 13.8 Å². The van der Waals surface area contributed by atoms with Gasteiger partial charge in [-0.1, -0.05) is 0 Å². The number of piperazine rings is 1. The molecule has 0 aromatic carbocycles. The van der Waals surface area contributed by atoms with E-state index in [1.54, 1.807) is 6.33 Å². The van der Waals surface area contributed by atoms with Crippen molar-refractivity contribution in [2.75, 3.05) is 24.5 Å². The van der Waals surface area contributed by atoms with Crippen molar-refractivity contribution < 1.29 is 4.74 Å². The Hall–Kier alpha value is -1.20. The van der Waals surface area contributed by atoms with E-state index in [4.69, 9.17) is 4.74 Å². The van der Waals surface area contributed by atoms with Crippen LogP contribution in [0.15, 0.2) is 6.33 Å². The molecule has 2 atom stereocenters. The van der Waals surface area contributed by atoms with Gasteiger partial charge in [-0.25, -0.2) is 9.97 Å². The van der Waals surface area contributed by atoms with Gasteiger partial charge < -0.3 is 15.0 Å². The van der Waals surface area contributed by atoms with Gasteiger partial charge in [-0.3, -0.25) is 0 Å². The van der Waals surface area contributed by atoms with Crippen LogP contribution in [0, 0.1) is 0 Å². The second kappa shape index (κ2) is 4.23. The molecule has 3 heterocycles. The lowest BCUT2D eigenvalue weighted by Gasteiger charge is -2.36. The van der Waals surface area contributed by atoms with E-state index in [-0.39, 0.29) is 6.10 Å². The maximum atomic E-state index is 5.65. The number of aromatic nitrogens is 2. The molecule has 2 aliphatic rings. The van der Waals surface area contributed by atoms with Gasteiger partial charge in [0.25, 0.3) is 0 Å². The van der Waals surface area contributed by atoms with Gasteiger partial charge in [-0.2, -0.15) is 0 Å². The topological polar surface area (TPSA) is 50.3 Å². The molecule has 3 rings (SSSR count). The molecule has 0 radical (unpaired) electrons. The first kappa shape index (κ1) is 10.9. The van der Waals surface area contributed by atoms with Crippen LogP contribution in [0.4, 0.5) is 5.82 Å². The molecule has 2 unspecified atom stereocenters. The summed E-state index contributed by atoms with van der Waals surface area (Å²) in [5.41, 5.74) is 2.23. The summed E-state index contributed by atoms with van der Waals surface area (Å²) in [5, 5.41) is 3.40. The smallest absolute Gasteiger partial charge is 0.138 e. The summed E-state index contributed by atoms with van der Waals surface area (Å²) in [6.45, 7) is 7.93. The first-order chi connectivity index (χ1) is 8.27. The predicted molar refractivity (Wildman–Crippen MR) is 64.9 cm³/mol. The lowest BCUT2D eigenvalue weighted by Crippen LogP contribution is -2.50. The van der Waals surface area contributed by atoms with Crippen LogP contribution in [0.3, 0.4) is 0 Å². The molecule has 0 bridgehead atoms. The number of ether oxygens (including phenoxy) is 1. The zero-order chi connectivity index (χ0) is 11.8. The molecule has 92 valence electrons. The van der Waals surface area contributed by atoms with Gasteiger partial charge in [-0.15, -0.1) is 0 Å². The van der Waals surface area contributed by atoms with E-state index in [0.29, 0.717) is 12.6 Å². The standard InChI is InChI=1S/C12H18N4O/c1-8-5-13-3-4-16(8)12-11-9(2)17-6-10(11)14-7-15-12/h7-9,13H,3-6H2,1-2H3. The highest BCUT2D eigenvalue weighted by atomic mass is 16.5. The van der Waals surface area contributed by atoms with E-state index in [2.05, 4.69) is 34.0 Å². The minimum absolute atomic E-state index is 0.114. The summed E-state index contributed by atoms with van der Waals surface area (Å²) in [5.74, 6) is 1.06. The van der Waals surface area contributed by atoms with Crippen molar-refractivity contribution in [1.29, 1.82) is 0 Å². The van der Waals surface area contributed by atoms with Crippen molar-refractivity contribution in [3.8, 4) is 0 Å². The van der Waals surface area contributed by atoms with Crippen molar-refractivity contribution in [2.24, 2.45) is 0 Å². The Morgan fingerprint density at radius 1 is 1.41 bits per heavy atom. The maximum Gasteiger partial charge on any atom is 0.138 e. The van der Waals surface area contributed by atoms with E-state index in [9.17, 15) is 0 Å². The molecule has 0 spiro atoms. The fraction of sp³-hybridized carbons (Fsp3) is 0.667. The fourth-order valence-corrected chi connectivity index (χ4v) is 2.62. The Balaban J connectivity index is 2.00. The normalized spacial score (nSPS) is 28.2. The molecule has 5 heteroatoms. The zero-order valence-corrected chi connectivity index (χ0v) is 10.3. The van der Waals surface area contributed by atoms with Gasteiger partial charge in [0.1, 0.15) is 12.1 Å². The van der Waals surface area contributed by atoms with Crippen LogP contribution in [0.5, 0.6) is 0 Å². The molecule has 1 fully saturated rings. The van der Waals surface area contributed by atoms with Gasteiger partial charge >= 0.3 is 0 Å². The summed E-state index contributed by atoms with van der Waals surface area (Å²) in [6.07, 6.45) is 1.77. The lowest BCUT2D eigenvalue weighted by molar-refractivity contribution is 0.0787. The minimum atomic E-state index is 0.114. The first-order valence-electron chi connectivity index (χ1n) is 6.20. The van der Waals surface area contributed by atoms with Crippen LogP contribution in [-0.2, 0) is 11.3 Å². The number of fused-ring (bicyclic) bond motifs is 1. The van der Waals surface area contributed by atoms with Gasteiger partial charge in [0.05, 0.1) is 18.4 Å². The third kappa shape index (κ3) is 1.79. The van der Waals surface area contributed by atoms with Crippen molar-refractivity contribution in [3.05, 3.63) is 17.6 Å². The number of nitrogens with one attached hydrogen (secondary N) is 1. The van der Waals surface area contributed by atoms with Crippen LogP contribution in [0.1, 0.15) is 31.2 Å². The second-order valence-corrected chi connectivity index (χ2v) is 4.76. The highest BCUT2D eigenvalue weighted by molar-refractivity contribution is 5.52. The van der Waals surface area contributed by atoms with Crippen molar-refractivity contribution in [3.63, 3.8) is 0 Å². The summed E-state index contributed by atoms with van der Waals surface area (Å²) >= 11 is 0. The predicted octanol–water partition coefficient (Wildman–Crippen LogP) is 0.866. The van der Waals surface area contributed by atoms with Crippen molar-refractivity contribution in [2.45, 2.75) is 32.6 Å². The second-order valence-electron chi connectivity index (χ2n) is 4.76. The van der Waals surface area contributed by atoms with Crippen molar-refractivity contribution in [1.82, 2.24) is 15.3 Å². The third-order valence-corrected chi connectivity index (χ3v) is 3.60. The molecule has 1 saturated heterocycles. The van der Waals surface area contributed by atoms with Gasteiger partial charge in [0.15, 0.2) is 0 Å². The lowest BCUT2D eigenvalue weighted by atomic mass is 10.1. The quantitative estimate of drug-likeness (QED) is 0.781. The third-order valence-electron chi connectivity index (χ3n) is 3.60. The molecule has 1 aromatic rings. The van der Waals surface area contributed by atoms with Crippen molar-refractivity contribution >= 4 is 5.82 Å². The van der Waals surface area contributed by atoms with Gasteiger partial charge in [0.2, 0.25) is 0 Å². The van der Waals surface area contributed by atoms with E-state index in [1.165, 1.54) is 5.56 Å². The van der Waals surface area contributed by atoms with Crippen LogP contribution in [0.2, 0.25) is 0 Å². The zero-order valence-electron chi connectivity index (χ0n) is 10.3. The number of hydrogen-bond acceptors (Lipinski definition) is 5. The summed E-state index contributed by atoms with van der Waals surface area (Å²) in [4.78, 5) is 11.2. The average molecular weight is 234 g/mol. The summed E-state index contributed by atoms with van der Waals surface area (Å²) in [7, 11) is 0. The number of nitrogens with zero attached hydrogens (tertiary/aromatic N) is 3. The largest absolute Gasteiger partial charge is 0.367 e. The molecule has 0 aliphatic carbocycles. The molecular formula is C12H18N4O. The molecule has 1 aromatic heterocycles. The number of anilines is 1. The Labute approximate surface area is 101 Å². The Kier molecular flexibility index (Phi) is 2.72. The Morgan fingerprint density at radius 2 is 2.29 bits per heavy atom. The van der Waals surface area contributed by atoms with E-state index in [1.807, 2.05) is 0 Å². The van der Waals surface area contributed by atoms with Crippen LogP contribution < -0.4 is 10.2 Å². The monoisotopic (exact) mass is 234 g/mol. The molecule has 17 heavy (non-hydrogen) atoms. The molecule has 1 N–H and O–H groups in total. The number of hydrogen-bond donors (Lipinski definition) is 1. The summed E-state index contributed by atoms with van der Waals surface area (Å²) < 4.78 is 5.65. The molecule has 5 nitrogen and oxygen atoms in total. The Morgan fingerprint density at radius 3 is 3.12 bits per heavy atom.